The van der Waals surface area contributed by atoms with E-state index in [0.717, 1.165) is 17.8 Å². The molecule has 0 spiro atoms. The number of alkyl halides is 3. The number of aliphatic imine (C=N–C) groups is 1. The van der Waals surface area contributed by atoms with Crippen LogP contribution in [-0.4, -0.2) is 42.8 Å². The number of guanidine groups is 1. The average Bonchev–Trinajstić information content (AvgIpc) is 3.07. The maximum Gasteiger partial charge on any atom is 0.416 e. The third-order valence-electron chi connectivity index (χ3n) is 4.26. The molecule has 1 atom stereocenters. The normalized spacial score (nSPS) is 18.0. The molecule has 1 unspecified atom stereocenters. The van der Waals surface area contributed by atoms with E-state index in [4.69, 9.17) is 9.26 Å². The minimum atomic E-state index is -4.38. The first-order valence-corrected chi connectivity index (χ1v) is 8.53. The number of aromatic nitrogens is 1. The highest BCUT2D eigenvalue weighted by Gasteiger charge is 2.32. The molecule has 10 heteroatoms. The van der Waals surface area contributed by atoms with E-state index in [2.05, 4.69) is 15.5 Å². The zero-order valence-electron chi connectivity index (χ0n) is 15.5. The number of aryl methyl sites for hydroxylation is 1. The molecule has 0 bridgehead atoms. The Morgan fingerprint density at radius 1 is 1.36 bits per heavy atom. The largest absolute Gasteiger partial charge is 0.416 e. The number of rotatable bonds is 3. The molecule has 154 valence electrons. The topological polar surface area (TPSA) is 62.9 Å². The van der Waals surface area contributed by atoms with Crippen LogP contribution in [0.2, 0.25) is 0 Å². The van der Waals surface area contributed by atoms with E-state index in [1.165, 1.54) is 6.07 Å². The number of nitrogens with zero attached hydrogens (tertiary/aromatic N) is 3. The fourth-order valence-corrected chi connectivity index (χ4v) is 2.96. The Balaban J connectivity index is 0.00000280. The van der Waals surface area contributed by atoms with Gasteiger partial charge < -0.3 is 19.5 Å². The summed E-state index contributed by atoms with van der Waals surface area (Å²) in [5.74, 6) is 1.31. The molecule has 1 aliphatic rings. The minimum absolute atomic E-state index is 0. The highest BCUT2D eigenvalue weighted by molar-refractivity contribution is 14.0. The van der Waals surface area contributed by atoms with Crippen molar-refractivity contribution in [1.29, 1.82) is 0 Å². The molecule has 2 heterocycles. The van der Waals surface area contributed by atoms with Crippen LogP contribution in [-0.2, 0) is 17.5 Å². The van der Waals surface area contributed by atoms with E-state index in [9.17, 15) is 13.2 Å². The molecule has 0 aliphatic carbocycles. The SMILES string of the molecule is CN=C(NCc1cc(C)no1)N1CCOC(c2cccc(C(F)(F)F)c2)C1.I. The Morgan fingerprint density at radius 2 is 2.14 bits per heavy atom. The lowest BCUT2D eigenvalue weighted by Crippen LogP contribution is -2.47. The van der Waals surface area contributed by atoms with Gasteiger partial charge in [0.05, 0.1) is 31.0 Å². The second-order valence-electron chi connectivity index (χ2n) is 6.26. The van der Waals surface area contributed by atoms with Crippen LogP contribution < -0.4 is 5.32 Å². The van der Waals surface area contributed by atoms with Crippen molar-refractivity contribution < 1.29 is 22.4 Å². The quantitative estimate of drug-likeness (QED) is 0.387. The Labute approximate surface area is 178 Å². The lowest BCUT2D eigenvalue weighted by atomic mass is 10.0. The Kier molecular flexibility index (Phi) is 7.70. The number of nitrogens with one attached hydrogen (secondary N) is 1. The Hall–Kier alpha value is -1.82. The maximum atomic E-state index is 13.0. The van der Waals surface area contributed by atoms with Gasteiger partial charge in [-0.3, -0.25) is 4.99 Å². The summed E-state index contributed by atoms with van der Waals surface area (Å²) in [5.41, 5.74) is 0.609. The summed E-state index contributed by atoms with van der Waals surface area (Å²) in [7, 11) is 1.66. The smallest absolute Gasteiger partial charge is 0.370 e. The van der Waals surface area contributed by atoms with Gasteiger partial charge in [-0.1, -0.05) is 17.3 Å². The van der Waals surface area contributed by atoms with E-state index in [1.807, 2.05) is 17.9 Å². The fraction of sp³-hybridized carbons (Fsp3) is 0.444. The van der Waals surface area contributed by atoms with Gasteiger partial charge >= 0.3 is 6.18 Å². The fourth-order valence-electron chi connectivity index (χ4n) is 2.96. The van der Waals surface area contributed by atoms with Gasteiger partial charge in [-0.2, -0.15) is 13.2 Å². The molecule has 0 amide bonds. The number of ether oxygens (including phenoxy) is 1. The van der Waals surface area contributed by atoms with Crippen LogP contribution in [0.5, 0.6) is 0 Å². The van der Waals surface area contributed by atoms with Gasteiger partial charge in [-0.05, 0) is 24.6 Å². The molecule has 1 saturated heterocycles. The standard InChI is InChI=1S/C18H21F3N4O2.HI/c1-12-8-15(27-24-12)10-23-17(22-2)25-6-7-26-16(11-25)13-4-3-5-14(9-13)18(19,20)21;/h3-5,8-9,16H,6-7,10-11H2,1-2H3,(H,22,23);1H. The van der Waals surface area contributed by atoms with Crippen molar-refractivity contribution in [2.24, 2.45) is 4.99 Å². The summed E-state index contributed by atoms with van der Waals surface area (Å²) in [4.78, 5) is 6.21. The lowest BCUT2D eigenvalue weighted by molar-refractivity contribution is -0.137. The van der Waals surface area contributed by atoms with Crippen LogP contribution in [0.25, 0.3) is 0 Å². The van der Waals surface area contributed by atoms with Crippen LogP contribution in [0.15, 0.2) is 39.8 Å². The second-order valence-corrected chi connectivity index (χ2v) is 6.26. The third-order valence-corrected chi connectivity index (χ3v) is 4.26. The molecule has 28 heavy (non-hydrogen) atoms. The predicted molar refractivity (Wildman–Crippen MR) is 109 cm³/mol. The van der Waals surface area contributed by atoms with Crippen LogP contribution in [0.4, 0.5) is 13.2 Å². The molecule has 3 rings (SSSR count). The zero-order valence-corrected chi connectivity index (χ0v) is 17.8. The molecule has 1 N–H and O–H groups in total. The highest BCUT2D eigenvalue weighted by Crippen LogP contribution is 2.32. The Morgan fingerprint density at radius 3 is 2.79 bits per heavy atom. The zero-order chi connectivity index (χ0) is 19.4. The summed E-state index contributed by atoms with van der Waals surface area (Å²) in [6.07, 6.45) is -4.84. The first-order valence-electron chi connectivity index (χ1n) is 8.53. The molecular weight excluding hydrogens is 488 g/mol. The third kappa shape index (κ3) is 5.60. The van der Waals surface area contributed by atoms with Gasteiger partial charge in [0.25, 0.3) is 0 Å². The lowest BCUT2D eigenvalue weighted by Gasteiger charge is -2.35. The molecule has 1 fully saturated rings. The van der Waals surface area contributed by atoms with Crippen LogP contribution >= 0.6 is 24.0 Å². The van der Waals surface area contributed by atoms with Crippen molar-refractivity contribution in [2.45, 2.75) is 25.7 Å². The van der Waals surface area contributed by atoms with Crippen molar-refractivity contribution in [3.63, 3.8) is 0 Å². The highest BCUT2D eigenvalue weighted by atomic mass is 127. The van der Waals surface area contributed by atoms with Crippen molar-refractivity contribution in [2.75, 3.05) is 26.7 Å². The van der Waals surface area contributed by atoms with Crippen molar-refractivity contribution in [3.8, 4) is 0 Å². The van der Waals surface area contributed by atoms with Crippen LogP contribution in [0.1, 0.15) is 28.7 Å². The second kappa shape index (κ2) is 9.59. The number of morpholine rings is 1. The van der Waals surface area contributed by atoms with Crippen LogP contribution in [0.3, 0.4) is 0 Å². The molecular formula is C18H22F3IN4O2. The summed E-state index contributed by atoms with van der Waals surface area (Å²) in [5, 5.41) is 7.02. The van der Waals surface area contributed by atoms with Crippen molar-refractivity contribution in [3.05, 3.63) is 52.9 Å². The van der Waals surface area contributed by atoms with E-state index in [0.29, 0.717) is 43.5 Å². The monoisotopic (exact) mass is 510 g/mol. The Bertz CT molecular complexity index is 810. The first-order chi connectivity index (χ1) is 12.9. The number of hydrogen-bond donors (Lipinski definition) is 1. The molecule has 1 aromatic carbocycles. The molecule has 6 nitrogen and oxygen atoms in total. The molecule has 2 aromatic rings. The van der Waals surface area contributed by atoms with E-state index < -0.39 is 17.8 Å². The van der Waals surface area contributed by atoms with Crippen molar-refractivity contribution >= 4 is 29.9 Å². The number of halogens is 4. The molecule has 1 aromatic heterocycles. The summed E-state index contributed by atoms with van der Waals surface area (Å²) >= 11 is 0. The molecule has 0 radical (unpaired) electrons. The van der Waals surface area contributed by atoms with E-state index >= 15 is 0 Å². The molecule has 0 saturated carbocycles. The van der Waals surface area contributed by atoms with Gasteiger partial charge in [0, 0.05) is 19.7 Å². The van der Waals surface area contributed by atoms with Gasteiger partial charge in [-0.15, -0.1) is 24.0 Å². The van der Waals surface area contributed by atoms with E-state index in [1.54, 1.807) is 13.1 Å². The van der Waals surface area contributed by atoms with Gasteiger partial charge in [-0.25, -0.2) is 0 Å². The maximum absolute atomic E-state index is 13.0. The number of benzene rings is 1. The summed E-state index contributed by atoms with van der Waals surface area (Å²) in [6, 6.07) is 7.08. The average molecular weight is 510 g/mol. The van der Waals surface area contributed by atoms with E-state index in [-0.39, 0.29) is 24.0 Å². The first kappa shape index (κ1) is 22.5. The molecule has 1 aliphatic heterocycles. The minimum Gasteiger partial charge on any atom is -0.370 e. The predicted octanol–water partition coefficient (Wildman–Crippen LogP) is 3.77. The summed E-state index contributed by atoms with van der Waals surface area (Å²) < 4.78 is 49.8. The van der Waals surface area contributed by atoms with Crippen molar-refractivity contribution in [1.82, 2.24) is 15.4 Å². The van der Waals surface area contributed by atoms with Crippen LogP contribution in [0, 0.1) is 6.92 Å². The number of hydrogen-bond acceptors (Lipinski definition) is 4. The summed E-state index contributed by atoms with van der Waals surface area (Å²) in [6.45, 7) is 3.63. The van der Waals surface area contributed by atoms with Gasteiger partial charge in [0.1, 0.15) is 6.10 Å². The van der Waals surface area contributed by atoms with Gasteiger partial charge in [0.15, 0.2) is 11.7 Å². The van der Waals surface area contributed by atoms with Gasteiger partial charge in [0.2, 0.25) is 0 Å².